The number of aliphatic hydroxyl groups excluding tert-OH is 1. The molecule has 0 saturated heterocycles. The normalized spacial score (nSPS) is 13.0. The smallest absolute Gasteiger partial charge is 0.308 e. The lowest BCUT2D eigenvalue weighted by atomic mass is 10.2. The second kappa shape index (κ2) is 6.89. The van der Waals surface area contributed by atoms with Gasteiger partial charge < -0.3 is 9.84 Å². The van der Waals surface area contributed by atoms with Crippen molar-refractivity contribution in [3.8, 4) is 0 Å². The van der Waals surface area contributed by atoms with Crippen LogP contribution in [0.25, 0.3) is 0 Å². The molecule has 13 heavy (non-hydrogen) atoms. The van der Waals surface area contributed by atoms with E-state index >= 15 is 0 Å². The van der Waals surface area contributed by atoms with E-state index < -0.39 is 6.10 Å². The van der Waals surface area contributed by atoms with Crippen molar-refractivity contribution in [2.45, 2.75) is 58.7 Å². The van der Waals surface area contributed by atoms with E-state index in [1.807, 2.05) is 20.8 Å². The Morgan fingerprint density at radius 2 is 1.77 bits per heavy atom. The number of rotatable bonds is 6. The summed E-state index contributed by atoms with van der Waals surface area (Å²) < 4.78 is 5.12. The van der Waals surface area contributed by atoms with Gasteiger partial charge in [0, 0.05) is 0 Å². The first kappa shape index (κ1) is 12.4. The summed E-state index contributed by atoms with van der Waals surface area (Å²) in [5, 5.41) is 9.19. The van der Waals surface area contributed by atoms with Gasteiger partial charge in [0.25, 0.3) is 0 Å². The summed E-state index contributed by atoms with van der Waals surface area (Å²) >= 11 is 0. The number of esters is 1. The van der Waals surface area contributed by atoms with Crippen LogP contribution < -0.4 is 0 Å². The molecule has 0 aromatic rings. The van der Waals surface area contributed by atoms with Crippen molar-refractivity contribution >= 4 is 5.97 Å². The van der Waals surface area contributed by atoms with E-state index in [0.29, 0.717) is 6.42 Å². The summed E-state index contributed by atoms with van der Waals surface area (Å²) in [4.78, 5) is 11.2. The highest BCUT2D eigenvalue weighted by atomic mass is 16.5. The lowest BCUT2D eigenvalue weighted by Gasteiger charge is -2.15. The Labute approximate surface area is 80.1 Å². The molecule has 0 fully saturated rings. The maximum absolute atomic E-state index is 11.2. The van der Waals surface area contributed by atoms with Gasteiger partial charge in [0.05, 0.1) is 12.5 Å². The van der Waals surface area contributed by atoms with Gasteiger partial charge in [-0.2, -0.15) is 0 Å². The average molecular weight is 188 g/mol. The van der Waals surface area contributed by atoms with Crippen LogP contribution in [0.15, 0.2) is 0 Å². The Hall–Kier alpha value is -0.570. The molecule has 0 rings (SSSR count). The third kappa shape index (κ3) is 5.64. The van der Waals surface area contributed by atoms with Gasteiger partial charge in [-0.1, -0.05) is 20.8 Å². The van der Waals surface area contributed by atoms with E-state index in [0.717, 1.165) is 12.8 Å². The first-order chi connectivity index (χ1) is 6.13. The molecule has 1 atom stereocenters. The maximum Gasteiger partial charge on any atom is 0.308 e. The van der Waals surface area contributed by atoms with Gasteiger partial charge in [-0.05, 0) is 19.3 Å². The van der Waals surface area contributed by atoms with Crippen molar-refractivity contribution in [2.24, 2.45) is 0 Å². The monoisotopic (exact) mass is 188 g/mol. The molecule has 0 aromatic carbocycles. The van der Waals surface area contributed by atoms with Gasteiger partial charge in [-0.25, -0.2) is 0 Å². The second-order valence-electron chi connectivity index (χ2n) is 3.19. The van der Waals surface area contributed by atoms with Crippen molar-refractivity contribution < 1.29 is 14.6 Å². The molecule has 0 unspecified atom stereocenters. The molecule has 0 bridgehead atoms. The summed E-state index contributed by atoms with van der Waals surface area (Å²) in [7, 11) is 0. The molecule has 3 heteroatoms. The largest absolute Gasteiger partial charge is 0.462 e. The van der Waals surface area contributed by atoms with Gasteiger partial charge in [-0.15, -0.1) is 0 Å². The van der Waals surface area contributed by atoms with Crippen LogP contribution in [0.4, 0.5) is 0 Å². The third-order valence-corrected chi connectivity index (χ3v) is 2.08. The molecule has 0 amide bonds. The van der Waals surface area contributed by atoms with Gasteiger partial charge in [0.15, 0.2) is 0 Å². The first-order valence-electron chi connectivity index (χ1n) is 5.01. The zero-order valence-corrected chi connectivity index (χ0v) is 8.75. The number of carbonyl (C=O) groups is 1. The van der Waals surface area contributed by atoms with E-state index in [9.17, 15) is 9.90 Å². The molecule has 0 heterocycles. The summed E-state index contributed by atoms with van der Waals surface area (Å²) in [6.45, 7) is 5.81. The van der Waals surface area contributed by atoms with E-state index in [4.69, 9.17) is 4.74 Å². The van der Waals surface area contributed by atoms with Gasteiger partial charge in [0.2, 0.25) is 0 Å². The number of carbonyl (C=O) groups excluding carboxylic acids is 1. The van der Waals surface area contributed by atoms with E-state index in [1.165, 1.54) is 0 Å². The van der Waals surface area contributed by atoms with Crippen molar-refractivity contribution in [3.05, 3.63) is 0 Å². The minimum absolute atomic E-state index is 0.0107. The molecular weight excluding hydrogens is 168 g/mol. The lowest BCUT2D eigenvalue weighted by molar-refractivity contribution is -0.151. The van der Waals surface area contributed by atoms with Gasteiger partial charge in [0.1, 0.15) is 6.10 Å². The molecule has 78 valence electrons. The molecule has 0 saturated carbocycles. The maximum atomic E-state index is 11.2. The number of aliphatic hydroxyl groups is 1. The number of ether oxygens (including phenoxy) is 1. The fourth-order valence-electron chi connectivity index (χ4n) is 1.03. The fourth-order valence-corrected chi connectivity index (χ4v) is 1.03. The number of hydrogen-bond acceptors (Lipinski definition) is 3. The minimum Gasteiger partial charge on any atom is -0.462 e. The summed E-state index contributed by atoms with van der Waals surface area (Å²) in [6, 6.07) is 0. The molecular formula is C10H20O3. The molecule has 0 spiro atoms. The predicted octanol–water partition coefficient (Wildman–Crippen LogP) is 1.88. The summed E-state index contributed by atoms with van der Waals surface area (Å²) in [5.41, 5.74) is 0. The van der Waals surface area contributed by atoms with E-state index in [-0.39, 0.29) is 18.5 Å². The SMILES string of the molecule is CCC(CC)OC(=O)C[C@H](O)CC. The van der Waals surface area contributed by atoms with Crippen molar-refractivity contribution in [3.63, 3.8) is 0 Å². The van der Waals surface area contributed by atoms with Crippen LogP contribution in [-0.4, -0.2) is 23.3 Å². The first-order valence-corrected chi connectivity index (χ1v) is 5.01. The Morgan fingerprint density at radius 3 is 2.15 bits per heavy atom. The Bertz CT molecular complexity index is 141. The van der Waals surface area contributed by atoms with Crippen LogP contribution in [0.5, 0.6) is 0 Å². The highest BCUT2D eigenvalue weighted by molar-refractivity contribution is 5.70. The highest BCUT2D eigenvalue weighted by Crippen LogP contribution is 2.06. The van der Waals surface area contributed by atoms with Crippen LogP contribution in [0.1, 0.15) is 46.5 Å². The molecule has 3 nitrogen and oxygen atoms in total. The molecule has 0 aromatic heterocycles. The second-order valence-corrected chi connectivity index (χ2v) is 3.19. The molecule has 0 aliphatic heterocycles. The van der Waals surface area contributed by atoms with Crippen molar-refractivity contribution in [1.29, 1.82) is 0 Å². The molecule has 1 N–H and O–H groups in total. The van der Waals surface area contributed by atoms with Gasteiger partial charge in [-0.3, -0.25) is 4.79 Å². The zero-order chi connectivity index (χ0) is 10.3. The van der Waals surface area contributed by atoms with Gasteiger partial charge >= 0.3 is 5.97 Å². The summed E-state index contributed by atoms with van der Waals surface area (Å²) in [5.74, 6) is -0.289. The lowest BCUT2D eigenvalue weighted by Crippen LogP contribution is -2.20. The predicted molar refractivity (Wildman–Crippen MR) is 51.4 cm³/mol. The zero-order valence-electron chi connectivity index (χ0n) is 8.75. The Balaban J connectivity index is 3.72. The van der Waals surface area contributed by atoms with Crippen molar-refractivity contribution in [1.82, 2.24) is 0 Å². The Kier molecular flexibility index (Phi) is 6.59. The topological polar surface area (TPSA) is 46.5 Å². The van der Waals surface area contributed by atoms with Crippen LogP contribution in [0.3, 0.4) is 0 Å². The minimum atomic E-state index is -0.554. The van der Waals surface area contributed by atoms with Crippen LogP contribution in [-0.2, 0) is 9.53 Å². The number of hydrogen-bond donors (Lipinski definition) is 1. The molecule has 0 radical (unpaired) electrons. The highest BCUT2D eigenvalue weighted by Gasteiger charge is 2.13. The van der Waals surface area contributed by atoms with Crippen LogP contribution in [0.2, 0.25) is 0 Å². The fraction of sp³-hybridized carbons (Fsp3) is 0.900. The average Bonchev–Trinajstić information content (AvgIpc) is 2.13. The van der Waals surface area contributed by atoms with Crippen LogP contribution >= 0.6 is 0 Å². The standard InChI is InChI=1S/C10H20O3/c1-4-8(11)7-10(12)13-9(5-2)6-3/h8-9,11H,4-7H2,1-3H3/t8-/m1/s1. The summed E-state index contributed by atoms with van der Waals surface area (Å²) in [6.07, 6.45) is 1.85. The van der Waals surface area contributed by atoms with Crippen LogP contribution in [0, 0.1) is 0 Å². The molecule has 0 aliphatic carbocycles. The van der Waals surface area contributed by atoms with E-state index in [1.54, 1.807) is 0 Å². The molecule has 0 aliphatic rings. The quantitative estimate of drug-likeness (QED) is 0.647. The Morgan fingerprint density at radius 1 is 1.23 bits per heavy atom. The van der Waals surface area contributed by atoms with Crippen molar-refractivity contribution in [2.75, 3.05) is 0 Å². The third-order valence-electron chi connectivity index (χ3n) is 2.08. The van der Waals surface area contributed by atoms with E-state index in [2.05, 4.69) is 0 Å².